The second kappa shape index (κ2) is 8.84. The number of nitrogens with zero attached hydrogens (tertiary/aromatic N) is 2. The van der Waals surface area contributed by atoms with Crippen LogP contribution in [0.5, 0.6) is 0 Å². The molecular weight excluding hydrogens is 423 g/mol. The van der Waals surface area contributed by atoms with Gasteiger partial charge in [-0.3, -0.25) is 10.2 Å². The molecule has 7 nitrogen and oxygen atoms in total. The molecule has 1 amide bonds. The van der Waals surface area contributed by atoms with E-state index in [2.05, 4.69) is 10.5 Å². The van der Waals surface area contributed by atoms with Crippen molar-refractivity contribution in [2.24, 2.45) is 5.16 Å². The van der Waals surface area contributed by atoms with E-state index in [1.807, 2.05) is 0 Å². The second-order valence-corrected chi connectivity index (χ2v) is 8.39. The van der Waals surface area contributed by atoms with Crippen LogP contribution in [-0.2, 0) is 21.0 Å². The van der Waals surface area contributed by atoms with Crippen molar-refractivity contribution in [1.82, 2.24) is 4.31 Å². The Bertz CT molecular complexity index is 1030. The van der Waals surface area contributed by atoms with E-state index in [1.165, 1.54) is 0 Å². The summed E-state index contributed by atoms with van der Waals surface area (Å²) in [4.78, 5) is 16.1. The molecule has 0 unspecified atom stereocenters. The number of hydrogen-bond donors (Lipinski definition) is 1. The first-order valence-electron chi connectivity index (χ1n) is 8.92. The van der Waals surface area contributed by atoms with Crippen molar-refractivity contribution in [3.05, 3.63) is 60.2 Å². The van der Waals surface area contributed by atoms with Crippen molar-refractivity contribution in [3.8, 4) is 0 Å². The van der Waals surface area contributed by atoms with Gasteiger partial charge in [0, 0.05) is 31.6 Å². The van der Waals surface area contributed by atoms with Gasteiger partial charge in [0.15, 0.2) is 0 Å². The Kier molecular flexibility index (Phi) is 6.42. The predicted octanol–water partition coefficient (Wildman–Crippen LogP) is 4.09. The number of rotatable bonds is 4. The smallest absolute Gasteiger partial charge is 0.298 e. The maximum absolute atomic E-state index is 12.9. The predicted molar refractivity (Wildman–Crippen MR) is 103 cm³/mol. The standard InChI is InChI=1S/C19H18F3N3O4S/c20-19(21,22)14-5-4-8-17(13-14)30(27,28)25-11-9-16(10-12-25)24-29-18(26)23-15-6-2-1-3-7-15/h1-8,13H,9-12H2,(H,23,26). The van der Waals surface area contributed by atoms with Crippen molar-refractivity contribution in [1.29, 1.82) is 0 Å². The molecule has 3 rings (SSSR count). The minimum absolute atomic E-state index is 0.0150. The number of nitrogens with one attached hydrogen (secondary N) is 1. The first kappa shape index (κ1) is 21.8. The molecule has 1 heterocycles. The molecule has 160 valence electrons. The number of anilines is 1. The fourth-order valence-electron chi connectivity index (χ4n) is 2.83. The van der Waals surface area contributed by atoms with E-state index in [-0.39, 0.29) is 25.9 Å². The van der Waals surface area contributed by atoms with Crippen LogP contribution in [0.15, 0.2) is 64.6 Å². The SMILES string of the molecule is O=C(Nc1ccccc1)ON=C1CCN(S(=O)(=O)c2cccc(C(F)(F)F)c2)CC1. The van der Waals surface area contributed by atoms with E-state index < -0.39 is 32.8 Å². The number of alkyl halides is 3. The van der Waals surface area contributed by atoms with E-state index >= 15 is 0 Å². The summed E-state index contributed by atoms with van der Waals surface area (Å²) >= 11 is 0. The van der Waals surface area contributed by atoms with Gasteiger partial charge in [-0.15, -0.1) is 0 Å². The van der Waals surface area contributed by atoms with Gasteiger partial charge in [0.2, 0.25) is 10.0 Å². The van der Waals surface area contributed by atoms with Gasteiger partial charge in [-0.05, 0) is 30.3 Å². The molecule has 0 saturated carbocycles. The molecule has 1 fully saturated rings. The molecule has 0 atom stereocenters. The zero-order valence-corrected chi connectivity index (χ0v) is 16.4. The number of carbonyl (C=O) groups is 1. The number of benzene rings is 2. The third-order valence-electron chi connectivity index (χ3n) is 4.38. The quantitative estimate of drug-likeness (QED) is 0.572. The Balaban J connectivity index is 1.59. The summed E-state index contributed by atoms with van der Waals surface area (Å²) in [6.07, 6.45) is -5.04. The minimum Gasteiger partial charge on any atom is -0.298 e. The topological polar surface area (TPSA) is 88.1 Å². The summed E-state index contributed by atoms with van der Waals surface area (Å²) in [5, 5.41) is 6.24. The second-order valence-electron chi connectivity index (χ2n) is 6.46. The Hall–Kier alpha value is -2.92. The molecule has 0 bridgehead atoms. The Labute approximate surface area is 171 Å². The minimum atomic E-state index is -4.63. The fraction of sp³-hybridized carbons (Fsp3) is 0.263. The zero-order chi connectivity index (χ0) is 21.8. The monoisotopic (exact) mass is 441 g/mol. The van der Waals surface area contributed by atoms with Crippen LogP contribution in [-0.4, -0.2) is 37.6 Å². The summed E-state index contributed by atoms with van der Waals surface area (Å²) in [5.74, 6) is 0. The number of piperidine rings is 1. The molecule has 0 aromatic heterocycles. The number of sulfonamides is 1. The van der Waals surface area contributed by atoms with Crippen LogP contribution in [0.4, 0.5) is 23.7 Å². The molecule has 2 aromatic carbocycles. The maximum atomic E-state index is 12.9. The third-order valence-corrected chi connectivity index (χ3v) is 6.27. The van der Waals surface area contributed by atoms with E-state index in [9.17, 15) is 26.4 Å². The summed E-state index contributed by atoms with van der Waals surface area (Å²) in [6, 6.07) is 12.2. The van der Waals surface area contributed by atoms with Crippen molar-refractivity contribution >= 4 is 27.5 Å². The summed E-state index contributed by atoms with van der Waals surface area (Å²) in [7, 11) is -4.08. The highest BCUT2D eigenvalue weighted by atomic mass is 32.2. The summed E-state index contributed by atoms with van der Waals surface area (Å²) in [5.41, 5.74) is -0.0148. The molecule has 1 N–H and O–H groups in total. The van der Waals surface area contributed by atoms with Crippen molar-refractivity contribution in [2.75, 3.05) is 18.4 Å². The molecule has 1 aliphatic rings. The molecule has 0 aliphatic carbocycles. The lowest BCUT2D eigenvalue weighted by Gasteiger charge is -2.26. The van der Waals surface area contributed by atoms with Crippen LogP contribution in [0, 0.1) is 0 Å². The normalized spacial score (nSPS) is 15.5. The molecule has 30 heavy (non-hydrogen) atoms. The first-order valence-corrected chi connectivity index (χ1v) is 10.4. The molecule has 0 spiro atoms. The van der Waals surface area contributed by atoms with Crippen LogP contribution >= 0.6 is 0 Å². The van der Waals surface area contributed by atoms with Gasteiger partial charge in [-0.25, -0.2) is 13.2 Å². The largest absolute Gasteiger partial charge is 0.437 e. The third kappa shape index (κ3) is 5.36. The number of amides is 1. The molecule has 0 radical (unpaired) electrons. The highest BCUT2D eigenvalue weighted by Crippen LogP contribution is 2.31. The average Bonchev–Trinajstić information content (AvgIpc) is 2.73. The fourth-order valence-corrected chi connectivity index (χ4v) is 4.31. The number of halogens is 3. The Morgan fingerprint density at radius 1 is 1.03 bits per heavy atom. The lowest BCUT2D eigenvalue weighted by atomic mass is 10.1. The van der Waals surface area contributed by atoms with Crippen molar-refractivity contribution < 1.29 is 31.2 Å². The molecule has 1 saturated heterocycles. The highest BCUT2D eigenvalue weighted by Gasteiger charge is 2.33. The van der Waals surface area contributed by atoms with Gasteiger partial charge in [0.05, 0.1) is 16.2 Å². The summed E-state index contributed by atoms with van der Waals surface area (Å²) in [6.45, 7) is 0.0299. The molecular formula is C19H18F3N3O4S. The van der Waals surface area contributed by atoms with Gasteiger partial charge in [-0.2, -0.15) is 17.5 Å². The lowest BCUT2D eigenvalue weighted by molar-refractivity contribution is -0.137. The van der Waals surface area contributed by atoms with Crippen LogP contribution in [0.1, 0.15) is 18.4 Å². The van der Waals surface area contributed by atoms with Crippen LogP contribution in [0.2, 0.25) is 0 Å². The number of hydrogen-bond acceptors (Lipinski definition) is 5. The zero-order valence-electron chi connectivity index (χ0n) is 15.6. The van der Waals surface area contributed by atoms with Gasteiger partial charge in [-0.1, -0.05) is 29.4 Å². The van der Waals surface area contributed by atoms with E-state index in [4.69, 9.17) is 4.84 Å². The lowest BCUT2D eigenvalue weighted by Crippen LogP contribution is -2.38. The average molecular weight is 441 g/mol. The number of carbonyl (C=O) groups excluding carboxylic acids is 1. The summed E-state index contributed by atoms with van der Waals surface area (Å²) < 4.78 is 65.0. The van der Waals surface area contributed by atoms with Gasteiger partial charge in [0.1, 0.15) is 0 Å². The van der Waals surface area contributed by atoms with Crippen molar-refractivity contribution in [3.63, 3.8) is 0 Å². The van der Waals surface area contributed by atoms with E-state index in [0.29, 0.717) is 17.5 Å². The highest BCUT2D eigenvalue weighted by molar-refractivity contribution is 7.89. The van der Waals surface area contributed by atoms with Gasteiger partial charge >= 0.3 is 12.3 Å². The van der Waals surface area contributed by atoms with Gasteiger partial charge < -0.3 is 0 Å². The Morgan fingerprint density at radius 3 is 2.33 bits per heavy atom. The van der Waals surface area contributed by atoms with Crippen LogP contribution < -0.4 is 5.32 Å². The van der Waals surface area contributed by atoms with E-state index in [0.717, 1.165) is 22.5 Å². The van der Waals surface area contributed by atoms with Gasteiger partial charge in [0.25, 0.3) is 0 Å². The van der Waals surface area contributed by atoms with E-state index in [1.54, 1.807) is 30.3 Å². The Morgan fingerprint density at radius 2 is 1.70 bits per heavy atom. The maximum Gasteiger partial charge on any atom is 0.437 e. The van der Waals surface area contributed by atoms with Crippen LogP contribution in [0.3, 0.4) is 0 Å². The first-order chi connectivity index (χ1) is 14.2. The van der Waals surface area contributed by atoms with Crippen LogP contribution in [0.25, 0.3) is 0 Å². The number of oxime groups is 1. The number of para-hydroxylation sites is 1. The van der Waals surface area contributed by atoms with Crippen molar-refractivity contribution in [2.45, 2.75) is 23.9 Å². The molecule has 2 aromatic rings. The molecule has 1 aliphatic heterocycles. The molecule has 11 heteroatoms.